The van der Waals surface area contributed by atoms with Crippen molar-refractivity contribution in [2.75, 3.05) is 0 Å². The molecule has 220 valence electrons. The Hall–Kier alpha value is -1.66. The largest absolute Gasteiger partial charge is 0.481 e. The minimum Gasteiger partial charge on any atom is -0.481 e. The molecule has 39 heavy (non-hydrogen) atoms. The van der Waals surface area contributed by atoms with Crippen LogP contribution in [0.3, 0.4) is 0 Å². The highest BCUT2D eigenvalue weighted by molar-refractivity contribution is 5.71. The van der Waals surface area contributed by atoms with E-state index in [1.54, 1.807) is 13.8 Å². The van der Waals surface area contributed by atoms with Gasteiger partial charge in [-0.2, -0.15) is 0 Å². The maximum absolute atomic E-state index is 12.7. The molecule has 6 nitrogen and oxygen atoms in total. The van der Waals surface area contributed by atoms with Crippen LogP contribution in [0.2, 0.25) is 0 Å². The van der Waals surface area contributed by atoms with Crippen LogP contribution in [0.25, 0.3) is 0 Å². The topological polar surface area (TPSA) is 104 Å². The Balaban J connectivity index is 1.69. The Bertz CT molecular complexity index is 1060. The number of aliphatic hydroxyl groups is 2. The third-order valence-electron chi connectivity index (χ3n) is 12.4. The molecule has 0 amide bonds. The number of carboxylic acids is 1. The number of aliphatic carboxylic acids is 1. The van der Waals surface area contributed by atoms with E-state index in [0.717, 1.165) is 38.5 Å². The van der Waals surface area contributed by atoms with Crippen LogP contribution in [-0.4, -0.2) is 45.1 Å². The number of allylic oxidation sites excluding steroid dienone is 2. The van der Waals surface area contributed by atoms with Gasteiger partial charge in [0.2, 0.25) is 0 Å². The third kappa shape index (κ3) is 4.62. The summed E-state index contributed by atoms with van der Waals surface area (Å²) < 4.78 is 5.81. The molecule has 0 spiro atoms. The lowest BCUT2D eigenvalue weighted by Crippen LogP contribution is -2.56. The monoisotopic (exact) mass is 544 g/mol. The normalized spacial score (nSPS) is 40.3. The van der Waals surface area contributed by atoms with Crippen LogP contribution in [0.15, 0.2) is 23.3 Å². The lowest BCUT2D eigenvalue weighted by molar-refractivity contribution is -0.167. The average Bonchev–Trinajstić information content (AvgIpc) is 3.00. The molecule has 0 aromatic carbocycles. The van der Waals surface area contributed by atoms with Crippen LogP contribution in [0, 0.1) is 39.4 Å². The number of carboxylic acid groups (broad SMARTS) is 1. The predicted octanol–water partition coefficient (Wildman–Crippen LogP) is 6.45. The number of esters is 1. The van der Waals surface area contributed by atoms with Gasteiger partial charge in [0.1, 0.15) is 6.10 Å². The van der Waals surface area contributed by atoms with Gasteiger partial charge in [-0.25, -0.2) is 0 Å². The van der Waals surface area contributed by atoms with Gasteiger partial charge in [-0.05, 0) is 99.4 Å². The van der Waals surface area contributed by atoms with Crippen molar-refractivity contribution in [2.24, 2.45) is 39.4 Å². The van der Waals surface area contributed by atoms with E-state index in [4.69, 9.17) is 4.74 Å². The van der Waals surface area contributed by atoms with Crippen LogP contribution in [0.5, 0.6) is 0 Å². The van der Waals surface area contributed by atoms with Gasteiger partial charge in [0, 0.05) is 18.3 Å². The van der Waals surface area contributed by atoms with Gasteiger partial charge in [-0.3, -0.25) is 9.59 Å². The Morgan fingerprint density at radius 3 is 2.28 bits per heavy atom. The summed E-state index contributed by atoms with van der Waals surface area (Å²) in [5, 5.41) is 32.3. The molecule has 8 atom stereocenters. The molecule has 4 rings (SSSR count). The summed E-state index contributed by atoms with van der Waals surface area (Å²) in [4.78, 5) is 24.5. The number of fused-ring (bicyclic) bond motifs is 4. The maximum Gasteiger partial charge on any atom is 0.306 e. The molecule has 6 heteroatoms. The van der Waals surface area contributed by atoms with Crippen molar-refractivity contribution >= 4 is 11.9 Å². The maximum atomic E-state index is 12.7. The molecule has 4 aliphatic rings. The highest BCUT2D eigenvalue weighted by Crippen LogP contribution is 2.72. The average molecular weight is 545 g/mol. The van der Waals surface area contributed by atoms with Crippen LogP contribution in [-0.2, 0) is 14.3 Å². The van der Waals surface area contributed by atoms with Crippen molar-refractivity contribution in [1.29, 1.82) is 0 Å². The van der Waals surface area contributed by atoms with Gasteiger partial charge in [-0.1, -0.05) is 52.3 Å². The highest BCUT2D eigenvalue weighted by Gasteiger charge is 2.67. The molecule has 0 aromatic heterocycles. The molecular weight excluding hydrogens is 492 g/mol. The number of hydrogen-bond acceptors (Lipinski definition) is 5. The first-order chi connectivity index (χ1) is 17.8. The second-order valence-corrected chi connectivity index (χ2v) is 15.1. The van der Waals surface area contributed by atoms with Gasteiger partial charge < -0.3 is 20.1 Å². The van der Waals surface area contributed by atoms with E-state index >= 15 is 0 Å². The van der Waals surface area contributed by atoms with Gasteiger partial charge >= 0.3 is 11.9 Å². The fraction of sp³-hybridized carbons (Fsp3) is 0.818. The smallest absolute Gasteiger partial charge is 0.306 e. The van der Waals surface area contributed by atoms with Crippen molar-refractivity contribution < 1.29 is 29.6 Å². The number of aliphatic hydroxyl groups excluding tert-OH is 1. The molecule has 0 heterocycles. The summed E-state index contributed by atoms with van der Waals surface area (Å²) in [7, 11) is 0. The Kier molecular flexibility index (Phi) is 7.55. The number of carbonyl (C=O) groups is 2. The summed E-state index contributed by atoms with van der Waals surface area (Å²) in [6.45, 7) is 20.3. The molecule has 0 saturated heterocycles. The zero-order valence-electron chi connectivity index (χ0n) is 25.5. The SMILES string of the molecule is C=C(CC[C@@H](C(=O)O)[C@H]1[C@H](O)C[C@@]2(C)C3=C(CC[C@]12C)[C@@]1(C)CC[C@H](OC(C)=O)C(C)(C)[C@@H]1CC3)C(C)(C)O. The van der Waals surface area contributed by atoms with Crippen molar-refractivity contribution in [3.05, 3.63) is 23.3 Å². The van der Waals surface area contributed by atoms with Crippen LogP contribution in [0.1, 0.15) is 113 Å². The summed E-state index contributed by atoms with van der Waals surface area (Å²) in [6, 6.07) is 0. The molecule has 0 aromatic rings. The van der Waals surface area contributed by atoms with E-state index in [1.807, 2.05) is 0 Å². The third-order valence-corrected chi connectivity index (χ3v) is 12.4. The van der Waals surface area contributed by atoms with Crippen LogP contribution < -0.4 is 0 Å². The summed E-state index contributed by atoms with van der Waals surface area (Å²) in [5.74, 6) is -1.73. The van der Waals surface area contributed by atoms with Crippen molar-refractivity contribution in [1.82, 2.24) is 0 Å². The number of hydrogen-bond donors (Lipinski definition) is 3. The number of ether oxygens (including phenoxy) is 1. The van der Waals surface area contributed by atoms with E-state index < -0.39 is 23.6 Å². The standard InChI is InChI=1S/C33H52O6/c1-19(30(5,6)38)10-11-21(28(36)37)27-24(35)18-33(9)23-12-13-25-29(3,4)26(39-20(2)34)15-16-31(25,7)22(23)14-17-32(27,33)8/h21,24-27,35,38H,1,10-18H2,2-9H3,(H,36,37)/t21-,24-,25+,26+,27+,31-,32-,33+/m1/s1. The van der Waals surface area contributed by atoms with Gasteiger partial charge in [0.15, 0.2) is 0 Å². The zero-order valence-corrected chi connectivity index (χ0v) is 25.5. The zero-order chi connectivity index (χ0) is 29.3. The predicted molar refractivity (Wildman–Crippen MR) is 152 cm³/mol. The second kappa shape index (κ2) is 9.72. The Morgan fingerprint density at radius 1 is 1.08 bits per heavy atom. The quantitative estimate of drug-likeness (QED) is 0.251. The van der Waals surface area contributed by atoms with Crippen molar-refractivity contribution in [3.8, 4) is 0 Å². The fourth-order valence-electron chi connectivity index (χ4n) is 9.99. The molecule has 4 aliphatic carbocycles. The molecule has 0 bridgehead atoms. The van der Waals surface area contributed by atoms with Gasteiger partial charge in [0.25, 0.3) is 0 Å². The number of rotatable bonds is 7. The summed E-state index contributed by atoms with van der Waals surface area (Å²) >= 11 is 0. The number of carbonyl (C=O) groups excluding carboxylic acids is 1. The molecule has 2 fully saturated rings. The first kappa shape index (κ1) is 30.3. The summed E-state index contributed by atoms with van der Waals surface area (Å²) in [6.07, 6.45) is 6.18. The van der Waals surface area contributed by atoms with E-state index in [1.165, 1.54) is 18.1 Å². The second-order valence-electron chi connectivity index (χ2n) is 15.1. The fourth-order valence-corrected chi connectivity index (χ4v) is 9.99. The Labute approximate surface area is 235 Å². The van der Waals surface area contributed by atoms with Gasteiger partial charge in [0.05, 0.1) is 17.6 Å². The lowest BCUT2D eigenvalue weighted by atomic mass is 9.43. The first-order valence-electron chi connectivity index (χ1n) is 15.0. The van der Waals surface area contributed by atoms with Crippen molar-refractivity contribution in [3.63, 3.8) is 0 Å². The first-order valence-corrected chi connectivity index (χ1v) is 15.0. The minimum atomic E-state index is -1.06. The molecule has 0 aliphatic heterocycles. The Morgan fingerprint density at radius 2 is 1.72 bits per heavy atom. The van der Waals surface area contributed by atoms with E-state index in [-0.39, 0.29) is 39.7 Å². The lowest BCUT2D eigenvalue weighted by Gasteiger charge is -2.62. The van der Waals surface area contributed by atoms with Crippen molar-refractivity contribution in [2.45, 2.75) is 131 Å². The van der Waals surface area contributed by atoms with E-state index in [9.17, 15) is 24.9 Å². The molecule has 0 unspecified atom stereocenters. The van der Waals surface area contributed by atoms with Gasteiger partial charge in [-0.15, -0.1) is 0 Å². The van der Waals surface area contributed by atoms with E-state index in [0.29, 0.717) is 30.8 Å². The molecule has 2 saturated carbocycles. The van der Waals surface area contributed by atoms with Crippen LogP contribution >= 0.6 is 0 Å². The highest BCUT2D eigenvalue weighted by atomic mass is 16.5. The molecule has 3 N–H and O–H groups in total. The molecule has 0 radical (unpaired) electrons. The minimum absolute atomic E-state index is 0.0117. The summed E-state index contributed by atoms with van der Waals surface area (Å²) in [5.41, 5.74) is 1.84. The molecular formula is C33H52O6. The van der Waals surface area contributed by atoms with Crippen LogP contribution in [0.4, 0.5) is 0 Å². The van der Waals surface area contributed by atoms with E-state index in [2.05, 4.69) is 41.2 Å².